The van der Waals surface area contributed by atoms with Crippen molar-refractivity contribution >= 4 is 0 Å². The maximum atomic E-state index is 14.9. The number of ether oxygens (including phenoxy) is 1. The van der Waals surface area contributed by atoms with Gasteiger partial charge in [-0.05, 0) is 77.5 Å². The predicted molar refractivity (Wildman–Crippen MR) is 135 cm³/mol. The van der Waals surface area contributed by atoms with Crippen LogP contribution in [0.3, 0.4) is 0 Å². The molecule has 2 unspecified atom stereocenters. The number of nitrogens with two attached hydrogens (primary N) is 1. The third kappa shape index (κ3) is 6.04. The molecule has 0 aliphatic heterocycles. The molecule has 4 aromatic carbocycles. The zero-order valence-corrected chi connectivity index (χ0v) is 21.5. The van der Waals surface area contributed by atoms with Crippen molar-refractivity contribution in [3.8, 4) is 28.0 Å². The number of hydrogen-bond donors (Lipinski definition) is 1. The van der Waals surface area contributed by atoms with Gasteiger partial charge in [0.05, 0.1) is 0 Å². The van der Waals surface area contributed by atoms with Crippen LogP contribution in [-0.2, 0) is 6.11 Å². The summed E-state index contributed by atoms with van der Waals surface area (Å²) in [5, 5.41) is 0. The Bertz CT molecular complexity index is 1560. The number of halogens is 9. The highest BCUT2D eigenvalue weighted by Gasteiger charge is 2.41. The van der Waals surface area contributed by atoms with Crippen LogP contribution in [0.15, 0.2) is 60.7 Å². The summed E-state index contributed by atoms with van der Waals surface area (Å²) in [4.78, 5) is 0. The van der Waals surface area contributed by atoms with Gasteiger partial charge in [-0.1, -0.05) is 26.0 Å². The van der Waals surface area contributed by atoms with E-state index in [1.165, 1.54) is 6.07 Å². The van der Waals surface area contributed by atoms with E-state index in [0.29, 0.717) is 18.2 Å². The Morgan fingerprint density at radius 3 is 1.71 bits per heavy atom. The van der Waals surface area contributed by atoms with Crippen molar-refractivity contribution in [2.45, 2.75) is 25.9 Å². The molecular formula is C30H22F9NO. The minimum absolute atomic E-state index is 0.0846. The van der Waals surface area contributed by atoms with Crippen LogP contribution in [0.2, 0.25) is 0 Å². The van der Waals surface area contributed by atoms with Gasteiger partial charge in [0.15, 0.2) is 17.5 Å². The minimum Gasteiger partial charge on any atom is -0.429 e. The Hall–Kier alpha value is -3.99. The van der Waals surface area contributed by atoms with Gasteiger partial charge in [-0.25, -0.2) is 30.7 Å². The summed E-state index contributed by atoms with van der Waals surface area (Å²) >= 11 is 0. The smallest absolute Gasteiger partial charge is 0.429 e. The van der Waals surface area contributed by atoms with E-state index in [2.05, 4.69) is 4.74 Å². The molecule has 0 spiro atoms. The molecule has 0 aromatic heterocycles. The van der Waals surface area contributed by atoms with Crippen LogP contribution < -0.4 is 10.5 Å². The van der Waals surface area contributed by atoms with E-state index in [9.17, 15) is 39.5 Å². The molecule has 0 aliphatic carbocycles. The normalized spacial score (nSPS) is 13.3. The second kappa shape index (κ2) is 11.5. The lowest BCUT2D eigenvalue weighted by atomic mass is 9.88. The van der Waals surface area contributed by atoms with E-state index >= 15 is 0 Å². The van der Waals surface area contributed by atoms with Crippen molar-refractivity contribution in [3.63, 3.8) is 0 Å². The molecular weight excluding hydrogens is 561 g/mol. The molecule has 0 amide bonds. The molecule has 2 N–H and O–H groups in total. The van der Waals surface area contributed by atoms with E-state index in [4.69, 9.17) is 5.73 Å². The first kappa shape index (κ1) is 30.0. The minimum atomic E-state index is -4.53. The molecule has 2 nitrogen and oxygen atoms in total. The van der Waals surface area contributed by atoms with Gasteiger partial charge in [0, 0.05) is 17.2 Å². The number of rotatable bonds is 8. The molecule has 4 rings (SSSR count). The summed E-state index contributed by atoms with van der Waals surface area (Å²) < 4.78 is 133. The van der Waals surface area contributed by atoms with Gasteiger partial charge in [0.2, 0.25) is 0 Å². The lowest BCUT2D eigenvalue weighted by Gasteiger charge is -2.23. The van der Waals surface area contributed by atoms with Crippen molar-refractivity contribution in [1.29, 1.82) is 0 Å². The van der Waals surface area contributed by atoms with Gasteiger partial charge >= 0.3 is 6.11 Å². The fourth-order valence-electron chi connectivity index (χ4n) is 4.29. The first-order chi connectivity index (χ1) is 19.2. The highest BCUT2D eigenvalue weighted by molar-refractivity contribution is 5.72. The Balaban J connectivity index is 1.60. The highest BCUT2D eigenvalue weighted by Crippen LogP contribution is 2.38. The second-order valence-corrected chi connectivity index (χ2v) is 9.57. The summed E-state index contributed by atoms with van der Waals surface area (Å²) in [5.41, 5.74) is 3.05. The third-order valence-corrected chi connectivity index (χ3v) is 6.87. The number of alkyl halides is 2. The Kier molecular flexibility index (Phi) is 8.39. The molecule has 0 aliphatic rings. The first-order valence-electron chi connectivity index (χ1n) is 12.2. The van der Waals surface area contributed by atoms with E-state index in [0.717, 1.165) is 36.4 Å². The van der Waals surface area contributed by atoms with Crippen molar-refractivity contribution in [1.82, 2.24) is 0 Å². The largest absolute Gasteiger partial charge is 0.432 e. The summed E-state index contributed by atoms with van der Waals surface area (Å²) in [6, 6.07) is 8.16. The SMILES string of the molecule is CC(CN)C(C)c1cc(F)c(C(F)(F)Oc2ccc(-c3ccc(-c4cc(F)c(F)c(F)c4)c(F)c3)c(F)c2)c(F)c1. The number of benzene rings is 4. The molecule has 0 fully saturated rings. The first-order valence-corrected chi connectivity index (χ1v) is 12.2. The highest BCUT2D eigenvalue weighted by atomic mass is 19.3. The number of hydrogen-bond acceptors (Lipinski definition) is 2. The van der Waals surface area contributed by atoms with Crippen LogP contribution >= 0.6 is 0 Å². The van der Waals surface area contributed by atoms with Crippen molar-refractivity contribution in [3.05, 3.63) is 113 Å². The summed E-state index contributed by atoms with van der Waals surface area (Å²) in [7, 11) is 0. The summed E-state index contributed by atoms with van der Waals surface area (Å²) in [5.74, 6) is -11.5. The van der Waals surface area contributed by atoms with Gasteiger partial charge in [-0.3, -0.25) is 0 Å². The Morgan fingerprint density at radius 2 is 1.17 bits per heavy atom. The average molecular weight is 583 g/mol. The van der Waals surface area contributed by atoms with Crippen molar-refractivity contribution in [2.75, 3.05) is 6.54 Å². The molecule has 0 bridgehead atoms. The molecule has 216 valence electrons. The van der Waals surface area contributed by atoms with Crippen LogP contribution in [0.1, 0.15) is 30.9 Å². The predicted octanol–water partition coefficient (Wildman–Crippen LogP) is 8.82. The molecule has 0 saturated heterocycles. The third-order valence-electron chi connectivity index (χ3n) is 6.87. The second-order valence-electron chi connectivity index (χ2n) is 9.57. The van der Waals surface area contributed by atoms with Gasteiger partial charge < -0.3 is 10.5 Å². The van der Waals surface area contributed by atoms with Gasteiger partial charge in [-0.15, -0.1) is 0 Å². The molecule has 0 radical (unpaired) electrons. The monoisotopic (exact) mass is 583 g/mol. The maximum Gasteiger partial charge on any atom is 0.432 e. The van der Waals surface area contributed by atoms with Gasteiger partial charge in [0.25, 0.3) is 0 Å². The standard InChI is InChI=1S/C30H22F9NO/c1-14(13-40)15(2)17-8-24(33)28(25(34)9-17)30(38,39)41-19-4-6-20(23(32)12-19)16-3-5-21(22(31)7-16)18-10-26(35)29(37)27(36)11-18/h3-12,14-15H,13,40H2,1-2H3. The summed E-state index contributed by atoms with van der Waals surface area (Å²) in [6.07, 6.45) is -4.53. The molecule has 0 heterocycles. The Labute approximate surface area is 229 Å². The van der Waals surface area contributed by atoms with Gasteiger partial charge in [-0.2, -0.15) is 8.78 Å². The molecule has 0 saturated carbocycles. The van der Waals surface area contributed by atoms with Crippen molar-refractivity contribution < 1.29 is 44.3 Å². The zero-order valence-electron chi connectivity index (χ0n) is 21.5. The van der Waals surface area contributed by atoms with Crippen LogP contribution in [0.4, 0.5) is 39.5 Å². The fourth-order valence-corrected chi connectivity index (χ4v) is 4.29. The van der Waals surface area contributed by atoms with E-state index in [1.807, 2.05) is 0 Å². The van der Waals surface area contributed by atoms with Crippen LogP contribution in [0.5, 0.6) is 5.75 Å². The molecule has 2 atom stereocenters. The topological polar surface area (TPSA) is 35.2 Å². The molecule has 11 heteroatoms. The quantitative estimate of drug-likeness (QED) is 0.166. The maximum absolute atomic E-state index is 14.9. The zero-order chi connectivity index (χ0) is 30.2. The van der Waals surface area contributed by atoms with Crippen molar-refractivity contribution in [2.24, 2.45) is 11.7 Å². The van der Waals surface area contributed by atoms with Gasteiger partial charge in [0.1, 0.15) is 34.6 Å². The van der Waals surface area contributed by atoms with Crippen LogP contribution in [0, 0.1) is 46.6 Å². The van der Waals surface area contributed by atoms with Crippen LogP contribution in [0.25, 0.3) is 22.3 Å². The fraction of sp³-hybridized carbons (Fsp3) is 0.200. The molecule has 4 aromatic rings. The van der Waals surface area contributed by atoms with E-state index in [1.54, 1.807) is 13.8 Å². The Morgan fingerprint density at radius 1 is 0.659 bits per heavy atom. The van der Waals surface area contributed by atoms with Crippen LogP contribution in [-0.4, -0.2) is 6.54 Å². The lowest BCUT2D eigenvalue weighted by Crippen LogP contribution is -2.26. The molecule has 41 heavy (non-hydrogen) atoms. The van der Waals surface area contributed by atoms with E-state index < -0.39 is 64.1 Å². The average Bonchev–Trinajstić information content (AvgIpc) is 2.89. The van der Waals surface area contributed by atoms with E-state index in [-0.39, 0.29) is 40.3 Å². The lowest BCUT2D eigenvalue weighted by molar-refractivity contribution is -0.189. The summed E-state index contributed by atoms with van der Waals surface area (Å²) in [6.45, 7) is 3.59.